The van der Waals surface area contributed by atoms with Gasteiger partial charge < -0.3 is 14.5 Å². The second-order valence-electron chi connectivity index (χ2n) is 5.50. The summed E-state index contributed by atoms with van der Waals surface area (Å²) in [5.41, 5.74) is 0.312. The van der Waals surface area contributed by atoms with E-state index in [0.29, 0.717) is 17.0 Å². The number of rotatable bonds is 3. The third-order valence-electron chi connectivity index (χ3n) is 2.55. The molecule has 21 heavy (non-hydrogen) atoms. The smallest absolute Gasteiger partial charge is 0.407 e. The van der Waals surface area contributed by atoms with Crippen LogP contribution in [-0.4, -0.2) is 16.7 Å². The normalized spacial score (nSPS) is 11.2. The maximum atomic E-state index is 14.0. The number of halogens is 1. The number of aromatic nitrogens is 1. The van der Waals surface area contributed by atoms with E-state index in [-0.39, 0.29) is 6.54 Å². The highest BCUT2D eigenvalue weighted by Crippen LogP contribution is 2.20. The molecule has 2 aromatic rings. The third kappa shape index (κ3) is 4.30. The summed E-state index contributed by atoms with van der Waals surface area (Å²) in [5, 5.41) is 2.51. The summed E-state index contributed by atoms with van der Waals surface area (Å²) in [6.45, 7) is 5.33. The Morgan fingerprint density at radius 2 is 2.19 bits per heavy atom. The van der Waals surface area contributed by atoms with E-state index in [4.69, 9.17) is 9.15 Å². The number of benzene rings is 1. The highest BCUT2D eigenvalue weighted by Gasteiger charge is 2.16. The maximum Gasteiger partial charge on any atom is 0.407 e. The van der Waals surface area contributed by atoms with Crippen LogP contribution in [0.25, 0.3) is 11.5 Å². The molecule has 0 saturated carbocycles. The van der Waals surface area contributed by atoms with Crippen molar-refractivity contribution in [1.82, 2.24) is 10.3 Å². The van der Waals surface area contributed by atoms with Gasteiger partial charge in [0.25, 0.3) is 0 Å². The zero-order valence-corrected chi connectivity index (χ0v) is 12.1. The second-order valence-corrected chi connectivity index (χ2v) is 5.50. The van der Waals surface area contributed by atoms with Crippen LogP contribution in [-0.2, 0) is 11.3 Å². The molecule has 1 aromatic carbocycles. The van der Waals surface area contributed by atoms with E-state index in [1.165, 1.54) is 18.5 Å². The van der Waals surface area contributed by atoms with E-state index < -0.39 is 17.5 Å². The van der Waals surface area contributed by atoms with E-state index in [0.717, 1.165) is 0 Å². The Kier molecular flexibility index (Phi) is 4.26. The van der Waals surface area contributed by atoms with Crippen LogP contribution in [0.15, 0.2) is 35.1 Å². The first kappa shape index (κ1) is 15.0. The quantitative estimate of drug-likeness (QED) is 0.940. The molecule has 0 unspecified atom stereocenters. The molecule has 2 rings (SSSR count). The number of alkyl carbamates (subject to hydrolysis) is 1. The van der Waals surface area contributed by atoms with Gasteiger partial charge in [-0.3, -0.25) is 0 Å². The lowest BCUT2D eigenvalue weighted by Gasteiger charge is -2.19. The fourth-order valence-corrected chi connectivity index (χ4v) is 1.67. The van der Waals surface area contributed by atoms with Gasteiger partial charge in [-0.1, -0.05) is 6.07 Å². The van der Waals surface area contributed by atoms with E-state index in [2.05, 4.69) is 10.3 Å². The Bertz CT molecular complexity index is 618. The SMILES string of the molecule is CC(C)(C)OC(=O)NCc1ccc(-c2ncco2)cc1F. The second kappa shape index (κ2) is 5.95. The van der Waals surface area contributed by atoms with Crippen LogP contribution in [0.2, 0.25) is 0 Å². The van der Waals surface area contributed by atoms with Gasteiger partial charge in [-0.2, -0.15) is 0 Å². The highest BCUT2D eigenvalue weighted by molar-refractivity contribution is 5.67. The van der Waals surface area contributed by atoms with Gasteiger partial charge in [0, 0.05) is 17.7 Å². The fourth-order valence-electron chi connectivity index (χ4n) is 1.67. The van der Waals surface area contributed by atoms with Gasteiger partial charge in [-0.25, -0.2) is 14.2 Å². The van der Waals surface area contributed by atoms with Crippen LogP contribution in [0, 0.1) is 5.82 Å². The van der Waals surface area contributed by atoms with Gasteiger partial charge in [0.1, 0.15) is 17.7 Å². The lowest BCUT2D eigenvalue weighted by atomic mass is 10.1. The lowest BCUT2D eigenvalue weighted by molar-refractivity contribution is 0.0523. The zero-order chi connectivity index (χ0) is 15.5. The first-order valence-corrected chi connectivity index (χ1v) is 6.50. The summed E-state index contributed by atoms with van der Waals surface area (Å²) in [6, 6.07) is 4.57. The first-order valence-electron chi connectivity index (χ1n) is 6.50. The molecule has 0 bridgehead atoms. The Balaban J connectivity index is 2.00. The average molecular weight is 292 g/mol. The number of hydrogen-bond donors (Lipinski definition) is 1. The molecule has 0 atom stereocenters. The van der Waals surface area contributed by atoms with Crippen molar-refractivity contribution < 1.29 is 18.3 Å². The number of hydrogen-bond acceptors (Lipinski definition) is 4. The third-order valence-corrected chi connectivity index (χ3v) is 2.55. The van der Waals surface area contributed by atoms with E-state index >= 15 is 0 Å². The molecule has 0 saturated heterocycles. The van der Waals surface area contributed by atoms with Crippen LogP contribution < -0.4 is 5.32 Å². The van der Waals surface area contributed by atoms with E-state index in [1.807, 2.05) is 0 Å². The maximum absolute atomic E-state index is 14.0. The van der Waals surface area contributed by atoms with Crippen LogP contribution >= 0.6 is 0 Å². The zero-order valence-electron chi connectivity index (χ0n) is 12.1. The van der Waals surface area contributed by atoms with Crippen LogP contribution in [0.1, 0.15) is 26.3 Å². The summed E-state index contributed by atoms with van der Waals surface area (Å²) < 4.78 is 24.2. The summed E-state index contributed by atoms with van der Waals surface area (Å²) >= 11 is 0. The minimum absolute atomic E-state index is 0.0482. The summed E-state index contributed by atoms with van der Waals surface area (Å²) in [5.74, 6) is -0.0951. The Labute approximate surface area is 122 Å². The Hall–Kier alpha value is -2.37. The predicted octanol–water partition coefficient (Wildman–Crippen LogP) is 3.51. The molecule has 6 heteroatoms. The van der Waals surface area contributed by atoms with Crippen molar-refractivity contribution in [3.63, 3.8) is 0 Å². The first-order chi connectivity index (χ1) is 9.85. The van der Waals surface area contributed by atoms with Crippen molar-refractivity contribution in [2.75, 3.05) is 0 Å². The van der Waals surface area contributed by atoms with Crippen LogP contribution in [0.5, 0.6) is 0 Å². The molecule has 1 aromatic heterocycles. The molecule has 0 fully saturated rings. The average Bonchev–Trinajstić information content (AvgIpc) is 2.89. The van der Waals surface area contributed by atoms with Gasteiger partial charge in [-0.15, -0.1) is 0 Å². The standard InChI is InChI=1S/C15H17FN2O3/c1-15(2,3)21-14(19)18-9-11-5-4-10(8-12(11)16)13-17-6-7-20-13/h4-8H,9H2,1-3H3,(H,18,19). The number of ether oxygens (including phenoxy) is 1. The largest absolute Gasteiger partial charge is 0.445 e. The van der Waals surface area contributed by atoms with Crippen molar-refractivity contribution in [3.05, 3.63) is 42.0 Å². The summed E-state index contributed by atoms with van der Waals surface area (Å²) in [6.07, 6.45) is 2.33. The number of nitrogens with zero attached hydrogens (tertiary/aromatic N) is 1. The van der Waals surface area contributed by atoms with Crippen LogP contribution in [0.4, 0.5) is 9.18 Å². The lowest BCUT2D eigenvalue weighted by Crippen LogP contribution is -2.32. The molecule has 112 valence electrons. The van der Waals surface area contributed by atoms with Crippen molar-refractivity contribution in [2.45, 2.75) is 32.9 Å². The summed E-state index contributed by atoms with van der Waals surface area (Å²) in [4.78, 5) is 15.5. The molecule has 0 aliphatic carbocycles. The number of oxazole rings is 1. The molecule has 1 heterocycles. The van der Waals surface area contributed by atoms with Crippen molar-refractivity contribution in [1.29, 1.82) is 0 Å². The molecular weight excluding hydrogens is 275 g/mol. The van der Waals surface area contributed by atoms with Crippen molar-refractivity contribution in [2.24, 2.45) is 0 Å². The van der Waals surface area contributed by atoms with E-state index in [9.17, 15) is 9.18 Å². The van der Waals surface area contributed by atoms with Gasteiger partial charge in [0.05, 0.1) is 6.20 Å². The number of carbonyl (C=O) groups is 1. The monoisotopic (exact) mass is 292 g/mol. The number of amides is 1. The van der Waals surface area contributed by atoms with Gasteiger partial charge in [0.2, 0.25) is 5.89 Å². The molecule has 0 aliphatic rings. The topological polar surface area (TPSA) is 64.4 Å². The van der Waals surface area contributed by atoms with Crippen LogP contribution in [0.3, 0.4) is 0 Å². The highest BCUT2D eigenvalue weighted by atomic mass is 19.1. The molecule has 0 radical (unpaired) electrons. The molecule has 0 spiro atoms. The minimum atomic E-state index is -0.586. The molecule has 1 N–H and O–H groups in total. The molecular formula is C15H17FN2O3. The number of carbonyl (C=O) groups excluding carboxylic acids is 1. The van der Waals surface area contributed by atoms with Gasteiger partial charge in [-0.05, 0) is 32.9 Å². The Morgan fingerprint density at radius 3 is 2.76 bits per heavy atom. The molecule has 5 nitrogen and oxygen atoms in total. The molecule has 0 aliphatic heterocycles. The van der Waals surface area contributed by atoms with Gasteiger partial charge in [0.15, 0.2) is 0 Å². The number of nitrogens with one attached hydrogen (secondary N) is 1. The molecule has 1 amide bonds. The van der Waals surface area contributed by atoms with Crippen molar-refractivity contribution >= 4 is 6.09 Å². The predicted molar refractivity (Wildman–Crippen MR) is 75.0 cm³/mol. The van der Waals surface area contributed by atoms with E-state index in [1.54, 1.807) is 32.9 Å². The Morgan fingerprint density at radius 1 is 1.43 bits per heavy atom. The van der Waals surface area contributed by atoms with Gasteiger partial charge >= 0.3 is 6.09 Å². The summed E-state index contributed by atoms with van der Waals surface area (Å²) in [7, 11) is 0. The van der Waals surface area contributed by atoms with Crippen molar-refractivity contribution in [3.8, 4) is 11.5 Å². The fraction of sp³-hybridized carbons (Fsp3) is 0.333. The minimum Gasteiger partial charge on any atom is -0.445 e.